The zero-order chi connectivity index (χ0) is 34.8. The second-order valence-corrected chi connectivity index (χ2v) is 16.2. The Morgan fingerprint density at radius 1 is 0.438 bits per heavy atom. The van der Waals surface area contributed by atoms with E-state index < -0.39 is 49.2 Å². The van der Waals surface area contributed by atoms with Crippen molar-refractivity contribution in [3.8, 4) is 0 Å². The van der Waals surface area contributed by atoms with Gasteiger partial charge < -0.3 is 14.2 Å². The van der Waals surface area contributed by atoms with Gasteiger partial charge in [-0.3, -0.25) is 12.5 Å². The monoisotopic (exact) mass is 726 g/mol. The van der Waals surface area contributed by atoms with E-state index in [-0.39, 0.29) is 73.0 Å². The molecule has 264 valence electrons. The maximum Gasteiger partial charge on any atom is 0.296 e. The van der Waals surface area contributed by atoms with Gasteiger partial charge in [0.2, 0.25) is 0 Å². The molecule has 1 fully saturated rings. The Hall–Kier alpha value is -2.73. The summed E-state index contributed by atoms with van der Waals surface area (Å²) >= 11 is 0. The maximum absolute atomic E-state index is 12.5. The first kappa shape index (κ1) is 38.1. The van der Waals surface area contributed by atoms with Gasteiger partial charge in [-0.15, -0.1) is 0 Å². The molecule has 1 aliphatic heterocycles. The molecule has 0 amide bonds. The molecule has 12 nitrogen and oxygen atoms in total. The van der Waals surface area contributed by atoms with Crippen LogP contribution in [0.3, 0.4) is 0 Å². The van der Waals surface area contributed by atoms with Gasteiger partial charge in [0.05, 0.1) is 34.5 Å². The van der Waals surface area contributed by atoms with E-state index in [9.17, 15) is 25.3 Å². The molecule has 1 saturated heterocycles. The molecule has 0 spiro atoms. The van der Waals surface area contributed by atoms with Crippen LogP contribution in [0.15, 0.2) is 87.5 Å². The zero-order valence-corrected chi connectivity index (χ0v) is 29.6. The lowest BCUT2D eigenvalue weighted by Crippen LogP contribution is -2.41. The molecule has 0 aliphatic carbocycles. The van der Waals surface area contributed by atoms with Crippen LogP contribution in [-0.2, 0) is 57.1 Å². The molecule has 1 aliphatic rings. The second-order valence-electron chi connectivity index (χ2n) is 11.4. The minimum Gasteiger partial charge on any atom is -0.324 e. The number of hydrogen-bond acceptors (Lipinski definition) is 12. The van der Waals surface area contributed by atoms with Crippen LogP contribution in [0.2, 0.25) is 0 Å². The highest BCUT2D eigenvalue weighted by molar-refractivity contribution is 7.87. The molecular formula is C33H42O12S3. The first-order chi connectivity index (χ1) is 22.7. The summed E-state index contributed by atoms with van der Waals surface area (Å²) in [7, 11) is -11.8. The number of aryl methyl sites for hydroxylation is 3. The molecule has 0 unspecified atom stereocenters. The van der Waals surface area contributed by atoms with Crippen LogP contribution in [-0.4, -0.2) is 63.9 Å². The fourth-order valence-corrected chi connectivity index (χ4v) is 7.42. The molecule has 1 heterocycles. The summed E-state index contributed by atoms with van der Waals surface area (Å²) in [6, 6.07) is 19.0. The molecule has 0 saturated carbocycles. The molecule has 48 heavy (non-hydrogen) atoms. The van der Waals surface area contributed by atoms with Crippen LogP contribution in [0.5, 0.6) is 0 Å². The number of hydrogen-bond donors (Lipinski definition) is 0. The standard InChI is InChI=1S/C33H42O12S3/c1-25-10-16-28(17-11-25)46(34,35)40-22-4-7-31-43-32(8-5-23-41-47(36,37)29-18-12-26(2)13-19-29)45-33(44-31)9-6-24-42-48(38,39)30-20-14-27(3)15-21-30/h10-21,31-33H,4-9,22-24H2,1-3H3. The van der Waals surface area contributed by atoms with Crippen LogP contribution in [0.1, 0.15) is 55.2 Å². The van der Waals surface area contributed by atoms with Crippen molar-refractivity contribution in [2.75, 3.05) is 19.8 Å². The van der Waals surface area contributed by atoms with E-state index in [1.54, 1.807) is 36.4 Å². The van der Waals surface area contributed by atoms with Crippen molar-refractivity contribution in [3.05, 3.63) is 89.5 Å². The van der Waals surface area contributed by atoms with Gasteiger partial charge in [0.15, 0.2) is 18.9 Å². The average molecular weight is 727 g/mol. The summed E-state index contributed by atoms with van der Waals surface area (Å²) in [5.41, 5.74) is 2.77. The molecule has 0 aromatic heterocycles. The third-order valence-electron chi connectivity index (χ3n) is 7.31. The normalized spacial score (nSPS) is 18.9. The number of benzene rings is 3. The predicted octanol–water partition coefficient (Wildman–Crippen LogP) is 5.51. The lowest BCUT2D eigenvalue weighted by atomic mass is 10.2. The molecule has 3 aromatic rings. The fourth-order valence-electron chi connectivity index (χ4n) is 4.59. The Labute approximate surface area is 283 Å². The molecule has 4 rings (SSSR count). The predicted molar refractivity (Wildman–Crippen MR) is 175 cm³/mol. The first-order valence-corrected chi connectivity index (χ1v) is 19.8. The molecule has 0 atom stereocenters. The van der Waals surface area contributed by atoms with Crippen molar-refractivity contribution in [1.29, 1.82) is 0 Å². The minimum absolute atomic E-state index is 0.0602. The zero-order valence-electron chi connectivity index (χ0n) is 27.1. The van der Waals surface area contributed by atoms with Crippen molar-refractivity contribution in [3.63, 3.8) is 0 Å². The van der Waals surface area contributed by atoms with Crippen LogP contribution >= 0.6 is 0 Å². The van der Waals surface area contributed by atoms with Crippen LogP contribution in [0.25, 0.3) is 0 Å². The number of ether oxygens (including phenoxy) is 3. The maximum atomic E-state index is 12.5. The molecule has 15 heteroatoms. The van der Waals surface area contributed by atoms with Crippen LogP contribution in [0.4, 0.5) is 0 Å². The van der Waals surface area contributed by atoms with Crippen molar-refractivity contribution in [1.82, 2.24) is 0 Å². The lowest BCUT2D eigenvalue weighted by Gasteiger charge is -2.36. The van der Waals surface area contributed by atoms with Gasteiger partial charge in [-0.25, -0.2) is 0 Å². The number of rotatable bonds is 18. The smallest absolute Gasteiger partial charge is 0.296 e. The molecule has 0 N–H and O–H groups in total. The third kappa shape index (κ3) is 11.7. The van der Waals surface area contributed by atoms with E-state index in [1.807, 2.05) is 20.8 Å². The van der Waals surface area contributed by atoms with Crippen molar-refractivity contribution in [2.24, 2.45) is 0 Å². The van der Waals surface area contributed by atoms with Crippen LogP contribution < -0.4 is 0 Å². The van der Waals surface area contributed by atoms with Gasteiger partial charge in [-0.05, 0) is 76.4 Å². The summed E-state index contributed by atoms with van der Waals surface area (Å²) < 4.78 is 109. The highest BCUT2D eigenvalue weighted by Crippen LogP contribution is 2.26. The van der Waals surface area contributed by atoms with E-state index in [0.717, 1.165) is 16.7 Å². The Balaban J connectivity index is 1.29. The first-order valence-electron chi connectivity index (χ1n) is 15.6. The minimum atomic E-state index is -3.93. The summed E-state index contributed by atoms with van der Waals surface area (Å²) in [4.78, 5) is 0.181. The SMILES string of the molecule is Cc1ccc(S(=O)(=O)OCCCC2OC(CCCOS(=O)(=O)c3ccc(C)cc3)OC(CCCOS(=O)(=O)c3ccc(C)cc3)O2)cc1. The van der Waals surface area contributed by atoms with E-state index in [2.05, 4.69) is 0 Å². The average Bonchev–Trinajstić information content (AvgIpc) is 3.04. The van der Waals surface area contributed by atoms with Gasteiger partial charge in [-0.2, -0.15) is 25.3 Å². The van der Waals surface area contributed by atoms with Crippen molar-refractivity contribution in [2.45, 2.75) is 92.9 Å². The summed E-state index contributed by atoms with van der Waals surface area (Å²) in [6.45, 7) is 5.24. The Morgan fingerprint density at radius 2 is 0.667 bits per heavy atom. The van der Waals surface area contributed by atoms with Crippen molar-refractivity contribution >= 4 is 30.4 Å². The summed E-state index contributed by atoms with van der Waals surface area (Å²) in [5.74, 6) is 0. The van der Waals surface area contributed by atoms with Gasteiger partial charge in [0.1, 0.15) is 0 Å². The Kier molecular flexibility index (Phi) is 13.7. The molecule has 0 radical (unpaired) electrons. The quantitative estimate of drug-likeness (QED) is 0.120. The fraction of sp³-hybridized carbons (Fsp3) is 0.455. The van der Waals surface area contributed by atoms with Gasteiger partial charge in [0, 0.05) is 19.3 Å². The molecule has 0 bridgehead atoms. The van der Waals surface area contributed by atoms with Gasteiger partial charge in [0.25, 0.3) is 30.4 Å². The highest BCUT2D eigenvalue weighted by atomic mass is 32.2. The molecular weight excluding hydrogens is 685 g/mol. The van der Waals surface area contributed by atoms with Gasteiger partial charge >= 0.3 is 0 Å². The topological polar surface area (TPSA) is 158 Å². The molecule has 3 aromatic carbocycles. The summed E-state index contributed by atoms with van der Waals surface area (Å²) in [5, 5.41) is 0. The third-order valence-corrected chi connectivity index (χ3v) is 11.3. The Morgan fingerprint density at radius 3 is 0.896 bits per heavy atom. The largest absolute Gasteiger partial charge is 0.324 e. The van der Waals surface area contributed by atoms with Gasteiger partial charge in [-0.1, -0.05) is 53.1 Å². The second kappa shape index (κ2) is 17.3. The van der Waals surface area contributed by atoms with E-state index in [4.69, 9.17) is 26.8 Å². The summed E-state index contributed by atoms with van der Waals surface area (Å²) in [6.07, 6.45) is -0.680. The van der Waals surface area contributed by atoms with E-state index in [0.29, 0.717) is 0 Å². The van der Waals surface area contributed by atoms with Crippen molar-refractivity contribution < 1.29 is 52.0 Å². The lowest BCUT2D eigenvalue weighted by molar-refractivity contribution is -0.386. The Bertz CT molecular complexity index is 1550. The van der Waals surface area contributed by atoms with E-state index in [1.165, 1.54) is 36.4 Å². The highest BCUT2D eigenvalue weighted by Gasteiger charge is 2.31. The van der Waals surface area contributed by atoms with Crippen LogP contribution in [0, 0.1) is 20.8 Å². The van der Waals surface area contributed by atoms with E-state index >= 15 is 0 Å².